The zero-order valence-corrected chi connectivity index (χ0v) is 13.1. The quantitative estimate of drug-likeness (QED) is 0.500. The molecule has 2 atom stereocenters. The van der Waals surface area contributed by atoms with E-state index in [1.807, 2.05) is 30.3 Å². The maximum atomic E-state index is 10.5. The van der Waals surface area contributed by atoms with Crippen LogP contribution in [0.15, 0.2) is 30.3 Å². The Bertz CT molecular complexity index is 294. The Hall–Kier alpha value is 0.449. The first kappa shape index (κ1) is 26.1. The number of hydrogen-bond donors (Lipinski definition) is 0. The van der Waals surface area contributed by atoms with Crippen molar-refractivity contribution >= 4 is 61.7 Å². The average Bonchev–Trinajstić information content (AvgIpc) is 2.17. The predicted molar refractivity (Wildman–Crippen MR) is 81.8 cm³/mol. The summed E-state index contributed by atoms with van der Waals surface area (Å²) in [6.45, 7) is 0. The van der Waals surface area contributed by atoms with Gasteiger partial charge in [0, 0.05) is 23.9 Å². The van der Waals surface area contributed by atoms with Gasteiger partial charge in [-0.2, -0.15) is 0 Å². The smallest absolute Gasteiger partial charge is 0.0707 e. The fourth-order valence-electron chi connectivity index (χ4n) is 0.925. The minimum atomic E-state index is -1.12. The average molecular weight is 474 g/mol. The van der Waals surface area contributed by atoms with Gasteiger partial charge in [-0.25, -0.2) is 0 Å². The van der Waals surface area contributed by atoms with Crippen LogP contribution in [0, 0.1) is 0 Å². The Morgan fingerprint density at radius 1 is 1.06 bits per heavy atom. The standard InChI is InChI=1S/C9H8Br2O2.3CH4.Sn/c10-7(8(11)9(12)13)6-4-2-1-3-5-6;;;;/h1-5,7-8H,(H,12,13);3*1H4;/p-1. The van der Waals surface area contributed by atoms with E-state index in [0.717, 1.165) is 5.56 Å². The minimum absolute atomic E-state index is 0. The molecular weight excluding hydrogens is 455 g/mol. The van der Waals surface area contributed by atoms with Crippen molar-refractivity contribution in [3.63, 3.8) is 0 Å². The molecule has 0 aliphatic carbocycles. The summed E-state index contributed by atoms with van der Waals surface area (Å²) >= 11 is 6.32. The van der Waals surface area contributed by atoms with Gasteiger partial charge in [0.2, 0.25) is 0 Å². The third-order valence-electron chi connectivity index (χ3n) is 1.60. The summed E-state index contributed by atoms with van der Waals surface area (Å²) in [5.74, 6) is -1.12. The maximum Gasteiger partial charge on any atom is 0.0707 e. The van der Waals surface area contributed by atoms with Crippen molar-refractivity contribution in [2.75, 3.05) is 0 Å². The molecule has 17 heavy (non-hydrogen) atoms. The van der Waals surface area contributed by atoms with E-state index in [-0.39, 0.29) is 51.0 Å². The second-order valence-corrected chi connectivity index (χ2v) is 4.51. The van der Waals surface area contributed by atoms with Gasteiger partial charge in [-0.15, -0.1) is 0 Å². The molecule has 4 radical (unpaired) electrons. The van der Waals surface area contributed by atoms with Gasteiger partial charge in [-0.05, 0) is 5.56 Å². The van der Waals surface area contributed by atoms with Crippen LogP contribution in [0.5, 0.6) is 0 Å². The van der Waals surface area contributed by atoms with Crippen LogP contribution in [-0.2, 0) is 4.79 Å². The molecule has 0 spiro atoms. The molecule has 0 N–H and O–H groups in total. The van der Waals surface area contributed by atoms with Gasteiger partial charge < -0.3 is 9.90 Å². The van der Waals surface area contributed by atoms with Crippen LogP contribution in [0.1, 0.15) is 32.7 Å². The van der Waals surface area contributed by atoms with E-state index in [2.05, 4.69) is 31.9 Å². The zero-order valence-electron chi connectivity index (χ0n) is 7.11. The normalized spacial score (nSPS) is 11.4. The van der Waals surface area contributed by atoms with Crippen molar-refractivity contribution in [1.82, 2.24) is 0 Å². The van der Waals surface area contributed by atoms with Gasteiger partial charge >= 0.3 is 0 Å². The van der Waals surface area contributed by atoms with Crippen molar-refractivity contribution in [2.24, 2.45) is 0 Å². The second-order valence-electron chi connectivity index (χ2n) is 2.53. The molecule has 2 unspecified atom stereocenters. The van der Waals surface area contributed by atoms with Crippen LogP contribution in [0.3, 0.4) is 0 Å². The van der Waals surface area contributed by atoms with Gasteiger partial charge in [-0.1, -0.05) is 84.5 Å². The van der Waals surface area contributed by atoms with Crippen molar-refractivity contribution in [2.45, 2.75) is 31.9 Å². The van der Waals surface area contributed by atoms with Crippen LogP contribution < -0.4 is 5.11 Å². The molecule has 0 bridgehead atoms. The molecule has 0 saturated carbocycles. The third-order valence-corrected chi connectivity index (χ3v) is 4.27. The summed E-state index contributed by atoms with van der Waals surface area (Å²) < 4.78 is 0. The molecule has 0 saturated heterocycles. The summed E-state index contributed by atoms with van der Waals surface area (Å²) in [6, 6.07) is 9.32. The van der Waals surface area contributed by atoms with Crippen LogP contribution >= 0.6 is 31.9 Å². The number of carbonyl (C=O) groups is 1. The van der Waals surface area contributed by atoms with Crippen molar-refractivity contribution in [1.29, 1.82) is 0 Å². The van der Waals surface area contributed by atoms with Gasteiger partial charge in [0.15, 0.2) is 0 Å². The summed E-state index contributed by atoms with van der Waals surface area (Å²) in [7, 11) is 0. The van der Waals surface area contributed by atoms with Gasteiger partial charge in [-0.3, -0.25) is 0 Å². The Kier molecular flexibility index (Phi) is 19.8. The van der Waals surface area contributed by atoms with Gasteiger partial charge in [0.1, 0.15) is 0 Å². The SMILES string of the molecule is C.C.C.O=C([O-])C(Br)C(Br)c1ccccc1.[Sn]. The second kappa shape index (κ2) is 12.9. The molecule has 0 amide bonds. The third kappa shape index (κ3) is 8.21. The van der Waals surface area contributed by atoms with Crippen molar-refractivity contribution < 1.29 is 9.90 Å². The van der Waals surface area contributed by atoms with Crippen molar-refractivity contribution in [3.8, 4) is 0 Å². The van der Waals surface area contributed by atoms with E-state index in [1.54, 1.807) is 0 Å². The molecule has 0 heterocycles. The van der Waals surface area contributed by atoms with E-state index >= 15 is 0 Å². The first-order chi connectivity index (χ1) is 6.13. The largest absolute Gasteiger partial charge is 0.549 e. The first-order valence-electron chi connectivity index (χ1n) is 3.67. The number of carboxylic acids is 1. The number of aliphatic carboxylic acids is 1. The Morgan fingerprint density at radius 3 is 1.82 bits per heavy atom. The van der Waals surface area contributed by atoms with Crippen LogP contribution in [0.4, 0.5) is 0 Å². The molecule has 2 nitrogen and oxygen atoms in total. The molecule has 0 aliphatic heterocycles. The minimum Gasteiger partial charge on any atom is -0.549 e. The van der Waals surface area contributed by atoms with E-state index in [9.17, 15) is 9.90 Å². The molecule has 0 aliphatic rings. The fraction of sp³-hybridized carbons (Fsp3) is 0.417. The Morgan fingerprint density at radius 2 is 1.47 bits per heavy atom. The summed E-state index contributed by atoms with van der Waals surface area (Å²) in [5.41, 5.74) is 0.911. The van der Waals surface area contributed by atoms with E-state index in [0.29, 0.717) is 0 Å². The zero-order chi connectivity index (χ0) is 9.84. The predicted octanol–water partition coefficient (Wildman–Crippen LogP) is 3.16. The molecule has 1 aromatic carbocycles. The molecule has 0 aromatic heterocycles. The van der Waals surface area contributed by atoms with Crippen LogP contribution in [0.2, 0.25) is 0 Å². The Balaban J connectivity index is -0.000000211. The number of alkyl halides is 2. The number of benzene rings is 1. The molecule has 1 aromatic rings. The van der Waals surface area contributed by atoms with Crippen LogP contribution in [-0.4, -0.2) is 34.7 Å². The molecular formula is C12H19Br2O2Sn-. The molecule has 98 valence electrons. The molecule has 1 rings (SSSR count). The van der Waals surface area contributed by atoms with Gasteiger partial charge in [0.25, 0.3) is 0 Å². The van der Waals surface area contributed by atoms with E-state index in [1.165, 1.54) is 0 Å². The molecule has 5 heteroatoms. The number of hydrogen-bond acceptors (Lipinski definition) is 2. The first-order valence-corrected chi connectivity index (χ1v) is 5.50. The number of carbonyl (C=O) groups excluding carboxylic acids is 1. The number of carboxylic acid groups (broad SMARTS) is 1. The van der Waals surface area contributed by atoms with Gasteiger partial charge in [0.05, 0.1) is 15.6 Å². The molecule has 0 fully saturated rings. The number of halogens is 2. The summed E-state index contributed by atoms with van der Waals surface area (Å²) in [6.07, 6.45) is 0. The maximum absolute atomic E-state index is 10.5. The van der Waals surface area contributed by atoms with E-state index < -0.39 is 10.8 Å². The topological polar surface area (TPSA) is 40.1 Å². The number of rotatable bonds is 3. The monoisotopic (exact) mass is 473 g/mol. The van der Waals surface area contributed by atoms with E-state index in [4.69, 9.17) is 0 Å². The van der Waals surface area contributed by atoms with Crippen molar-refractivity contribution in [3.05, 3.63) is 35.9 Å². The summed E-state index contributed by atoms with van der Waals surface area (Å²) in [4.78, 5) is 9.55. The fourth-order valence-corrected chi connectivity index (χ4v) is 1.75. The summed E-state index contributed by atoms with van der Waals surface area (Å²) in [5, 5.41) is 10.5. The van der Waals surface area contributed by atoms with Crippen LogP contribution in [0.25, 0.3) is 0 Å². The Labute approximate surface area is 138 Å².